The summed E-state index contributed by atoms with van der Waals surface area (Å²) in [6, 6.07) is 3.86. The van der Waals surface area contributed by atoms with Crippen LogP contribution in [0.15, 0.2) is 59.2 Å². The van der Waals surface area contributed by atoms with Gasteiger partial charge in [-0.25, -0.2) is 4.79 Å². The van der Waals surface area contributed by atoms with E-state index in [1.807, 2.05) is 19.1 Å². The molecule has 1 aliphatic carbocycles. The van der Waals surface area contributed by atoms with Crippen molar-refractivity contribution in [3.63, 3.8) is 0 Å². The van der Waals surface area contributed by atoms with Crippen LogP contribution in [0, 0.1) is 11.8 Å². The van der Waals surface area contributed by atoms with Crippen molar-refractivity contribution in [3.05, 3.63) is 70.3 Å². The number of fused-ring (bicyclic) bond motifs is 1. The number of carbonyl (C=O) groups is 2. The lowest BCUT2D eigenvalue weighted by Gasteiger charge is -2.43. The predicted molar refractivity (Wildman–Crippen MR) is 162 cm³/mol. The summed E-state index contributed by atoms with van der Waals surface area (Å²) < 4.78 is 11.8. The maximum absolute atomic E-state index is 13.1. The topological polar surface area (TPSA) is 96.3 Å². The van der Waals surface area contributed by atoms with Crippen molar-refractivity contribution in [2.24, 2.45) is 11.8 Å². The van der Waals surface area contributed by atoms with Crippen molar-refractivity contribution in [3.8, 4) is 11.5 Å². The van der Waals surface area contributed by atoms with Gasteiger partial charge < -0.3 is 19.7 Å². The molecule has 0 aromatic heterocycles. The number of aliphatic hydroxyl groups excluding tert-OH is 1. The number of esters is 1. The van der Waals surface area contributed by atoms with Crippen molar-refractivity contribution in [2.45, 2.75) is 83.6 Å². The fourth-order valence-corrected chi connectivity index (χ4v) is 7.56. The normalized spacial score (nSPS) is 24.4. The first-order valence-corrected chi connectivity index (χ1v) is 15.5. The molecule has 0 saturated carbocycles. The minimum atomic E-state index is -0.842. The summed E-state index contributed by atoms with van der Waals surface area (Å²) in [6.45, 7) is 15.8. The second-order valence-corrected chi connectivity index (χ2v) is 12.7. The number of benzene rings is 1. The van der Waals surface area contributed by atoms with E-state index in [0.29, 0.717) is 10.7 Å². The Balaban J connectivity index is 1.71. The number of amides is 1. The molecular weight excluding hydrogens is 538 g/mol. The highest BCUT2D eigenvalue weighted by atomic mass is 32.2. The standard InChI is InChI=1S/C33H43NO6S/c1-7-9-10-11-22-16-25(36)29(24-15-20(5)12-13-23(24)19(3)4)26(17-22)40-18-27-30(33(38)39-14-8-2)34-31(37)28(21(6)35)32(34)41-27/h8,15-17,21,23-24,28,32,35-36H,2-3,7,9-14,18H2,1,4-6H3/t21-,23+,24-,28+,32?/m1/s1. The fraction of sp³-hybridized carbons (Fsp3) is 0.515. The number of rotatable bonds is 13. The Labute approximate surface area is 248 Å². The molecule has 3 aliphatic rings. The summed E-state index contributed by atoms with van der Waals surface area (Å²) in [4.78, 5) is 27.9. The number of hydrogen-bond acceptors (Lipinski definition) is 7. The molecule has 0 radical (unpaired) electrons. The van der Waals surface area contributed by atoms with Crippen LogP contribution in [0.4, 0.5) is 0 Å². The van der Waals surface area contributed by atoms with Crippen LogP contribution in [0.2, 0.25) is 0 Å². The SMILES string of the molecule is C=CCOC(=O)C1=C(COc2cc(CCCCC)cc(O)c2[C@@H]2C=C(C)CC[C@H]2C(=C)C)SC2[C@@H]([C@@H](C)O)C(=O)N12. The number of hydrogen-bond donors (Lipinski definition) is 2. The quantitative estimate of drug-likeness (QED) is 0.121. The van der Waals surface area contributed by atoms with Gasteiger partial charge in [-0.2, -0.15) is 0 Å². The van der Waals surface area contributed by atoms with Gasteiger partial charge in [0, 0.05) is 11.5 Å². The highest BCUT2D eigenvalue weighted by Gasteiger charge is 2.58. The molecule has 1 aromatic carbocycles. The van der Waals surface area contributed by atoms with Gasteiger partial charge in [-0.05, 0) is 70.1 Å². The first-order chi connectivity index (χ1) is 19.6. The zero-order valence-electron chi connectivity index (χ0n) is 24.7. The average molecular weight is 582 g/mol. The highest BCUT2D eigenvalue weighted by molar-refractivity contribution is 8.04. The van der Waals surface area contributed by atoms with Crippen LogP contribution < -0.4 is 4.74 Å². The molecule has 41 heavy (non-hydrogen) atoms. The van der Waals surface area contributed by atoms with Gasteiger partial charge >= 0.3 is 5.97 Å². The number of unbranched alkanes of at least 4 members (excludes halogenated alkanes) is 2. The summed E-state index contributed by atoms with van der Waals surface area (Å²) in [5.74, 6) is -0.700. The molecule has 2 heterocycles. The fourth-order valence-electron chi connectivity index (χ4n) is 6.04. The molecule has 1 saturated heterocycles. The molecule has 2 N–H and O–H groups in total. The number of aryl methyl sites for hydroxylation is 1. The van der Waals surface area contributed by atoms with Crippen LogP contribution in [0.5, 0.6) is 11.5 Å². The number of carbonyl (C=O) groups excluding carboxylic acids is 2. The molecule has 1 unspecified atom stereocenters. The van der Waals surface area contributed by atoms with Gasteiger partial charge in [-0.1, -0.05) is 68.0 Å². The second-order valence-electron chi connectivity index (χ2n) is 11.4. The van der Waals surface area contributed by atoms with E-state index >= 15 is 0 Å². The number of allylic oxidation sites excluding steroid dienone is 3. The largest absolute Gasteiger partial charge is 0.507 e. The summed E-state index contributed by atoms with van der Waals surface area (Å²) >= 11 is 1.35. The van der Waals surface area contributed by atoms with Crippen molar-refractivity contribution in [2.75, 3.05) is 13.2 Å². The van der Waals surface area contributed by atoms with E-state index in [2.05, 4.69) is 33.1 Å². The number of aliphatic hydroxyl groups is 1. The second kappa shape index (κ2) is 13.3. The minimum absolute atomic E-state index is 0.0150. The molecule has 1 amide bonds. The first kappa shape index (κ1) is 31.0. The lowest BCUT2D eigenvalue weighted by molar-refractivity contribution is -0.158. The minimum Gasteiger partial charge on any atom is -0.507 e. The van der Waals surface area contributed by atoms with Gasteiger partial charge in [0.1, 0.15) is 35.8 Å². The van der Waals surface area contributed by atoms with Crippen molar-refractivity contribution in [1.29, 1.82) is 0 Å². The summed E-state index contributed by atoms with van der Waals surface area (Å²) in [5, 5.41) is 21.2. The summed E-state index contributed by atoms with van der Waals surface area (Å²) in [5.41, 5.74) is 4.19. The number of ether oxygens (including phenoxy) is 2. The van der Waals surface area contributed by atoms with Gasteiger partial charge in [0.15, 0.2) is 0 Å². The highest BCUT2D eigenvalue weighted by Crippen LogP contribution is 2.51. The summed E-state index contributed by atoms with van der Waals surface area (Å²) in [7, 11) is 0. The number of phenols is 1. The van der Waals surface area contributed by atoms with Crippen LogP contribution in [0.1, 0.15) is 76.8 Å². The third kappa shape index (κ3) is 6.44. The number of β-lactam (4-membered cyclic amide) rings is 1. The Morgan fingerprint density at radius 3 is 2.73 bits per heavy atom. The van der Waals surface area contributed by atoms with E-state index in [0.717, 1.165) is 55.2 Å². The third-order valence-electron chi connectivity index (χ3n) is 8.22. The molecule has 8 heteroatoms. The van der Waals surface area contributed by atoms with E-state index in [-0.39, 0.29) is 42.4 Å². The lowest BCUT2D eigenvalue weighted by atomic mass is 9.73. The number of phenolic OH excluding ortho intramolecular Hbond substituents is 1. The maximum atomic E-state index is 13.1. The van der Waals surface area contributed by atoms with Crippen molar-refractivity contribution >= 4 is 23.6 Å². The number of nitrogens with zero attached hydrogens (tertiary/aromatic N) is 1. The van der Waals surface area contributed by atoms with Gasteiger partial charge in [-0.15, -0.1) is 0 Å². The monoisotopic (exact) mass is 581 g/mol. The molecule has 222 valence electrons. The van der Waals surface area contributed by atoms with Gasteiger partial charge in [0.25, 0.3) is 0 Å². The molecule has 1 aromatic rings. The Bertz CT molecular complexity index is 1260. The van der Waals surface area contributed by atoms with Gasteiger partial charge in [0.05, 0.1) is 16.9 Å². The van der Waals surface area contributed by atoms with Crippen LogP contribution in [-0.2, 0) is 20.7 Å². The van der Waals surface area contributed by atoms with Crippen LogP contribution in [0.3, 0.4) is 0 Å². The van der Waals surface area contributed by atoms with E-state index in [4.69, 9.17) is 9.47 Å². The molecule has 7 nitrogen and oxygen atoms in total. The van der Waals surface area contributed by atoms with Gasteiger partial charge in [0.2, 0.25) is 5.91 Å². The van der Waals surface area contributed by atoms with Crippen LogP contribution in [0.25, 0.3) is 0 Å². The average Bonchev–Trinajstić information content (AvgIpc) is 3.24. The molecule has 0 spiro atoms. The predicted octanol–water partition coefficient (Wildman–Crippen LogP) is 6.37. The van der Waals surface area contributed by atoms with E-state index < -0.39 is 23.4 Å². The molecule has 5 atom stereocenters. The molecule has 2 aliphatic heterocycles. The Kier molecular flexibility index (Phi) is 10.1. The third-order valence-corrected chi connectivity index (χ3v) is 9.56. The van der Waals surface area contributed by atoms with E-state index in [9.17, 15) is 19.8 Å². The van der Waals surface area contributed by atoms with Crippen LogP contribution >= 0.6 is 11.8 Å². The zero-order valence-corrected chi connectivity index (χ0v) is 25.5. The smallest absolute Gasteiger partial charge is 0.356 e. The van der Waals surface area contributed by atoms with Crippen molar-refractivity contribution < 1.29 is 29.3 Å². The molecular formula is C33H43NO6S. The number of thioether (sulfide) groups is 1. The molecule has 1 fully saturated rings. The zero-order chi connectivity index (χ0) is 29.8. The van der Waals surface area contributed by atoms with E-state index in [1.165, 1.54) is 28.3 Å². The van der Waals surface area contributed by atoms with Crippen LogP contribution in [-0.4, -0.2) is 51.7 Å². The Morgan fingerprint density at radius 2 is 2.07 bits per heavy atom. The first-order valence-electron chi connectivity index (χ1n) is 14.6. The Morgan fingerprint density at radius 1 is 1.32 bits per heavy atom. The van der Waals surface area contributed by atoms with Crippen molar-refractivity contribution in [1.82, 2.24) is 4.90 Å². The molecule has 4 rings (SSSR count). The Hall–Kier alpha value is -2.97. The number of aromatic hydroxyl groups is 1. The summed E-state index contributed by atoms with van der Waals surface area (Å²) in [6.07, 6.45) is 8.78. The van der Waals surface area contributed by atoms with E-state index in [1.54, 1.807) is 6.92 Å². The lowest BCUT2D eigenvalue weighted by Crippen LogP contribution is -2.60. The maximum Gasteiger partial charge on any atom is 0.356 e. The van der Waals surface area contributed by atoms with Gasteiger partial charge in [-0.3, -0.25) is 9.69 Å². The molecule has 0 bridgehead atoms.